The molecule has 1 aliphatic carbocycles. The highest BCUT2D eigenvalue weighted by Crippen LogP contribution is 2.39. The molecule has 1 aliphatic rings. The summed E-state index contributed by atoms with van der Waals surface area (Å²) in [7, 11) is 0. The third-order valence-corrected chi connectivity index (χ3v) is 4.74. The SMILES string of the molecule is Cc1ccnc(Cl)c1NC(=O)C1(CN)CCC(C)CC1. The highest BCUT2D eigenvalue weighted by Gasteiger charge is 2.40. The van der Waals surface area contributed by atoms with E-state index in [1.165, 1.54) is 0 Å². The number of nitrogens with zero attached hydrogens (tertiary/aromatic N) is 1. The lowest BCUT2D eigenvalue weighted by Gasteiger charge is -2.37. The van der Waals surface area contributed by atoms with Crippen LogP contribution in [-0.2, 0) is 4.79 Å². The molecule has 1 amide bonds. The third-order valence-electron chi connectivity index (χ3n) is 4.46. The molecule has 20 heavy (non-hydrogen) atoms. The number of rotatable bonds is 3. The van der Waals surface area contributed by atoms with Gasteiger partial charge in [-0.15, -0.1) is 0 Å². The average Bonchev–Trinajstić information content (AvgIpc) is 2.44. The van der Waals surface area contributed by atoms with Crippen molar-refractivity contribution < 1.29 is 4.79 Å². The van der Waals surface area contributed by atoms with Crippen LogP contribution in [0, 0.1) is 18.3 Å². The largest absolute Gasteiger partial charge is 0.329 e. The smallest absolute Gasteiger partial charge is 0.231 e. The summed E-state index contributed by atoms with van der Waals surface area (Å²) in [6, 6.07) is 1.83. The summed E-state index contributed by atoms with van der Waals surface area (Å²) in [5, 5.41) is 3.27. The van der Waals surface area contributed by atoms with Gasteiger partial charge in [0.1, 0.15) is 0 Å². The number of hydrogen-bond donors (Lipinski definition) is 2. The molecule has 3 N–H and O–H groups in total. The minimum Gasteiger partial charge on any atom is -0.329 e. The fourth-order valence-corrected chi connectivity index (χ4v) is 3.01. The summed E-state index contributed by atoms with van der Waals surface area (Å²) in [5.74, 6) is 0.649. The molecule has 0 bridgehead atoms. The Morgan fingerprint density at radius 2 is 2.20 bits per heavy atom. The van der Waals surface area contributed by atoms with E-state index >= 15 is 0 Å². The van der Waals surface area contributed by atoms with Crippen molar-refractivity contribution >= 4 is 23.2 Å². The molecule has 0 spiro atoms. The van der Waals surface area contributed by atoms with Crippen LogP contribution < -0.4 is 11.1 Å². The molecule has 1 heterocycles. The first kappa shape index (κ1) is 15.3. The maximum Gasteiger partial charge on any atom is 0.231 e. The lowest BCUT2D eigenvalue weighted by molar-refractivity contribution is -0.127. The molecule has 0 unspecified atom stereocenters. The van der Waals surface area contributed by atoms with Crippen LogP contribution in [0.25, 0.3) is 0 Å². The van der Waals surface area contributed by atoms with Crippen molar-refractivity contribution in [2.75, 3.05) is 11.9 Å². The van der Waals surface area contributed by atoms with E-state index in [4.69, 9.17) is 17.3 Å². The Hall–Kier alpha value is -1.13. The first-order valence-electron chi connectivity index (χ1n) is 7.11. The second kappa shape index (κ2) is 6.10. The van der Waals surface area contributed by atoms with Gasteiger partial charge in [-0.1, -0.05) is 18.5 Å². The quantitative estimate of drug-likeness (QED) is 0.842. The molecular weight excluding hydrogens is 274 g/mol. The number of carbonyl (C=O) groups is 1. The van der Waals surface area contributed by atoms with Crippen molar-refractivity contribution in [3.8, 4) is 0 Å². The van der Waals surface area contributed by atoms with Gasteiger partial charge < -0.3 is 11.1 Å². The standard InChI is InChI=1S/C15H22ClN3O/c1-10-3-6-15(9-17,7-4-10)14(20)19-12-11(2)5-8-18-13(12)16/h5,8,10H,3-4,6-7,9,17H2,1-2H3,(H,19,20). The van der Waals surface area contributed by atoms with Gasteiger partial charge in [0.25, 0.3) is 0 Å². The van der Waals surface area contributed by atoms with Gasteiger partial charge in [-0.3, -0.25) is 4.79 Å². The summed E-state index contributed by atoms with van der Waals surface area (Å²) in [6.07, 6.45) is 5.41. The topological polar surface area (TPSA) is 68.0 Å². The number of carbonyl (C=O) groups excluding carboxylic acids is 1. The van der Waals surface area contributed by atoms with E-state index < -0.39 is 5.41 Å². The van der Waals surface area contributed by atoms with Gasteiger partial charge in [0.05, 0.1) is 11.1 Å². The Morgan fingerprint density at radius 3 is 2.75 bits per heavy atom. The van der Waals surface area contributed by atoms with Crippen molar-refractivity contribution in [3.63, 3.8) is 0 Å². The number of anilines is 1. The summed E-state index contributed by atoms with van der Waals surface area (Å²) < 4.78 is 0. The maximum atomic E-state index is 12.7. The Labute approximate surface area is 125 Å². The number of pyridine rings is 1. The monoisotopic (exact) mass is 295 g/mol. The third kappa shape index (κ3) is 2.96. The number of nitrogens with two attached hydrogens (primary N) is 1. The van der Waals surface area contributed by atoms with Crippen molar-refractivity contribution in [3.05, 3.63) is 23.0 Å². The normalized spacial score (nSPS) is 26.3. The maximum absolute atomic E-state index is 12.7. The molecule has 1 aromatic heterocycles. The number of amides is 1. The molecule has 0 saturated heterocycles. The summed E-state index contributed by atoms with van der Waals surface area (Å²) in [6.45, 7) is 4.50. The summed E-state index contributed by atoms with van der Waals surface area (Å²) in [4.78, 5) is 16.7. The minimum absolute atomic E-state index is 0.0232. The molecule has 5 heteroatoms. The van der Waals surface area contributed by atoms with Crippen LogP contribution in [0.3, 0.4) is 0 Å². The fraction of sp³-hybridized carbons (Fsp3) is 0.600. The molecular formula is C15H22ClN3O. The molecule has 1 aromatic rings. The molecule has 110 valence electrons. The second-order valence-electron chi connectivity index (χ2n) is 5.91. The van der Waals surface area contributed by atoms with E-state index in [9.17, 15) is 4.79 Å². The molecule has 0 atom stereocenters. The number of aromatic nitrogens is 1. The lowest BCUT2D eigenvalue weighted by atomic mass is 9.70. The van der Waals surface area contributed by atoms with Crippen LogP contribution in [-0.4, -0.2) is 17.4 Å². The zero-order chi connectivity index (χ0) is 14.8. The first-order valence-corrected chi connectivity index (χ1v) is 7.49. The van der Waals surface area contributed by atoms with Gasteiger partial charge in [0.15, 0.2) is 5.15 Å². The fourth-order valence-electron chi connectivity index (χ4n) is 2.76. The lowest BCUT2D eigenvalue weighted by Crippen LogP contribution is -2.45. The Morgan fingerprint density at radius 1 is 1.55 bits per heavy atom. The molecule has 0 radical (unpaired) electrons. The first-order chi connectivity index (χ1) is 9.48. The van der Waals surface area contributed by atoms with Gasteiger partial charge in [0.2, 0.25) is 5.91 Å². The number of nitrogens with one attached hydrogen (secondary N) is 1. The molecule has 1 saturated carbocycles. The van der Waals surface area contributed by atoms with E-state index in [1.54, 1.807) is 6.20 Å². The Bertz CT molecular complexity index is 476. The molecule has 0 aromatic carbocycles. The van der Waals surface area contributed by atoms with Gasteiger partial charge in [0, 0.05) is 12.7 Å². The van der Waals surface area contributed by atoms with Crippen molar-refractivity contribution in [2.45, 2.75) is 39.5 Å². The number of halogens is 1. The van der Waals surface area contributed by atoms with E-state index in [0.717, 1.165) is 31.2 Å². The van der Waals surface area contributed by atoms with Crippen molar-refractivity contribution in [1.82, 2.24) is 4.98 Å². The van der Waals surface area contributed by atoms with E-state index in [0.29, 0.717) is 23.3 Å². The van der Waals surface area contributed by atoms with Crippen LogP contribution >= 0.6 is 11.6 Å². The van der Waals surface area contributed by atoms with Crippen molar-refractivity contribution in [1.29, 1.82) is 0 Å². The van der Waals surface area contributed by atoms with Crippen LogP contribution in [0.4, 0.5) is 5.69 Å². The van der Waals surface area contributed by atoms with E-state index in [1.807, 2.05) is 13.0 Å². The highest BCUT2D eigenvalue weighted by molar-refractivity contribution is 6.32. The predicted octanol–water partition coefficient (Wildman–Crippen LogP) is 3.14. The highest BCUT2D eigenvalue weighted by atomic mass is 35.5. The second-order valence-corrected chi connectivity index (χ2v) is 6.27. The van der Waals surface area contributed by atoms with Gasteiger partial charge >= 0.3 is 0 Å². The van der Waals surface area contributed by atoms with E-state index in [-0.39, 0.29) is 5.91 Å². The average molecular weight is 296 g/mol. The van der Waals surface area contributed by atoms with Gasteiger partial charge in [-0.05, 0) is 50.2 Å². The molecule has 4 nitrogen and oxygen atoms in total. The zero-order valence-electron chi connectivity index (χ0n) is 12.1. The number of hydrogen-bond acceptors (Lipinski definition) is 3. The zero-order valence-corrected chi connectivity index (χ0v) is 12.8. The summed E-state index contributed by atoms with van der Waals surface area (Å²) >= 11 is 6.07. The predicted molar refractivity (Wildman–Crippen MR) is 81.7 cm³/mol. The summed E-state index contributed by atoms with van der Waals surface area (Å²) in [5.41, 5.74) is 6.96. The molecule has 2 rings (SSSR count). The van der Waals surface area contributed by atoms with Crippen LogP contribution in [0.5, 0.6) is 0 Å². The minimum atomic E-state index is -0.460. The van der Waals surface area contributed by atoms with Crippen LogP contribution in [0.15, 0.2) is 12.3 Å². The van der Waals surface area contributed by atoms with Gasteiger partial charge in [-0.25, -0.2) is 4.98 Å². The van der Waals surface area contributed by atoms with E-state index in [2.05, 4.69) is 17.2 Å². The molecule has 1 fully saturated rings. The Kier molecular flexibility index (Phi) is 4.66. The number of aryl methyl sites for hydroxylation is 1. The Balaban J connectivity index is 2.18. The van der Waals surface area contributed by atoms with Crippen LogP contribution in [0.1, 0.15) is 38.2 Å². The van der Waals surface area contributed by atoms with Gasteiger partial charge in [-0.2, -0.15) is 0 Å². The van der Waals surface area contributed by atoms with Crippen LogP contribution in [0.2, 0.25) is 5.15 Å². The molecule has 0 aliphatic heterocycles. The van der Waals surface area contributed by atoms with Crippen molar-refractivity contribution in [2.24, 2.45) is 17.1 Å².